The Morgan fingerprint density at radius 3 is 1.62 bits per heavy atom. The van der Waals surface area contributed by atoms with Gasteiger partial charge in [-0.2, -0.15) is 13.2 Å². The molecule has 0 saturated heterocycles. The van der Waals surface area contributed by atoms with Crippen LogP contribution in [0, 0.1) is 0 Å². The number of halogens is 3. The van der Waals surface area contributed by atoms with E-state index in [9.17, 15) is 13.2 Å². The van der Waals surface area contributed by atoms with E-state index in [1.165, 1.54) is 12.1 Å². The van der Waals surface area contributed by atoms with Gasteiger partial charge in [-0.3, -0.25) is 0 Å². The van der Waals surface area contributed by atoms with Crippen molar-refractivity contribution < 1.29 is 22.6 Å². The topological polar surface area (TPSA) is 36.3 Å². The van der Waals surface area contributed by atoms with E-state index in [0.29, 0.717) is 11.4 Å². The van der Waals surface area contributed by atoms with Gasteiger partial charge in [0.05, 0.1) is 31.2 Å². The summed E-state index contributed by atoms with van der Waals surface area (Å²) in [6, 6.07) is 20.1. The van der Waals surface area contributed by atoms with Gasteiger partial charge in [0.25, 0.3) is 0 Å². The molecule has 0 aliphatic carbocycles. The highest BCUT2D eigenvalue weighted by Crippen LogP contribution is 2.37. The average molecular weight is 438 g/mol. The number of hydrogen-bond acceptors (Lipinski definition) is 3. The molecule has 0 amide bonds. The summed E-state index contributed by atoms with van der Waals surface area (Å²) in [5.74, 6) is 2.01. The van der Waals surface area contributed by atoms with Gasteiger partial charge < -0.3 is 14.0 Å². The molecule has 0 bridgehead atoms. The number of nitrogens with zero attached hydrogens (tertiary/aromatic N) is 2. The zero-order chi connectivity index (χ0) is 22.9. The molecule has 0 N–H and O–H groups in total. The van der Waals surface area contributed by atoms with Crippen LogP contribution in [0.5, 0.6) is 11.5 Å². The van der Waals surface area contributed by atoms with Crippen molar-refractivity contribution in [2.75, 3.05) is 14.2 Å². The Morgan fingerprint density at radius 1 is 0.688 bits per heavy atom. The van der Waals surface area contributed by atoms with Crippen molar-refractivity contribution in [3.05, 3.63) is 78.4 Å². The second-order valence-electron chi connectivity index (χ2n) is 7.22. The third-order valence-corrected chi connectivity index (χ3v) is 5.29. The Labute approximate surface area is 183 Å². The van der Waals surface area contributed by atoms with Crippen LogP contribution in [0.3, 0.4) is 0 Å². The van der Waals surface area contributed by atoms with Gasteiger partial charge in [0.1, 0.15) is 17.3 Å². The van der Waals surface area contributed by atoms with Crippen LogP contribution in [-0.2, 0) is 13.2 Å². The molecule has 0 unspecified atom stereocenters. The summed E-state index contributed by atoms with van der Waals surface area (Å²) in [4.78, 5) is 4.83. The standard InChI is InChI=1S/C25H21F3N2O2/c1-30-23(17-8-14-21(32-3)15-9-17)22(16-6-12-20(31-2)13-7-16)29-24(30)18-4-10-19(11-5-18)25(26,27)28/h4-15H,1-3H3. The van der Waals surface area contributed by atoms with Gasteiger partial charge >= 0.3 is 6.18 Å². The molecule has 32 heavy (non-hydrogen) atoms. The molecule has 1 aromatic heterocycles. The predicted molar refractivity (Wildman–Crippen MR) is 118 cm³/mol. The molecule has 0 fully saturated rings. The van der Waals surface area contributed by atoms with E-state index in [-0.39, 0.29) is 0 Å². The first kappa shape index (κ1) is 21.5. The molecule has 0 aliphatic rings. The highest BCUT2D eigenvalue weighted by molar-refractivity contribution is 5.82. The molecule has 1 heterocycles. The fourth-order valence-corrected chi connectivity index (χ4v) is 3.59. The third-order valence-electron chi connectivity index (χ3n) is 5.29. The molecular weight excluding hydrogens is 417 g/mol. The zero-order valence-electron chi connectivity index (χ0n) is 17.8. The second-order valence-corrected chi connectivity index (χ2v) is 7.22. The predicted octanol–water partition coefficient (Wildman–Crippen LogP) is 6.46. The molecular formula is C25H21F3N2O2. The second kappa shape index (κ2) is 8.42. The normalized spacial score (nSPS) is 11.4. The summed E-state index contributed by atoms with van der Waals surface area (Å²) in [6.45, 7) is 0. The van der Waals surface area contributed by atoms with Crippen molar-refractivity contribution in [2.24, 2.45) is 7.05 Å². The maximum Gasteiger partial charge on any atom is 0.416 e. The van der Waals surface area contributed by atoms with Crippen LogP contribution in [0.15, 0.2) is 72.8 Å². The number of aromatic nitrogens is 2. The molecule has 3 aromatic carbocycles. The van der Waals surface area contributed by atoms with Crippen LogP contribution >= 0.6 is 0 Å². The number of imidazole rings is 1. The Hall–Kier alpha value is -3.74. The van der Waals surface area contributed by atoms with Gasteiger partial charge in [0, 0.05) is 23.7 Å². The van der Waals surface area contributed by atoms with E-state index in [2.05, 4.69) is 0 Å². The number of methoxy groups -OCH3 is 2. The Morgan fingerprint density at radius 2 is 1.16 bits per heavy atom. The number of hydrogen-bond donors (Lipinski definition) is 0. The number of benzene rings is 3. The van der Waals surface area contributed by atoms with Crippen molar-refractivity contribution >= 4 is 0 Å². The summed E-state index contributed by atoms with van der Waals surface area (Å²) >= 11 is 0. The monoisotopic (exact) mass is 438 g/mol. The zero-order valence-corrected chi connectivity index (χ0v) is 17.8. The SMILES string of the molecule is COc1ccc(-c2nc(-c3ccc(C(F)(F)F)cc3)n(C)c2-c2ccc(OC)cc2)cc1. The number of rotatable bonds is 5. The van der Waals surface area contributed by atoms with Crippen molar-refractivity contribution in [1.82, 2.24) is 9.55 Å². The Balaban J connectivity index is 1.87. The van der Waals surface area contributed by atoms with Crippen molar-refractivity contribution in [1.29, 1.82) is 0 Å². The van der Waals surface area contributed by atoms with E-state index in [1.54, 1.807) is 14.2 Å². The third kappa shape index (κ3) is 4.06. The minimum absolute atomic E-state index is 0.565. The quantitative estimate of drug-likeness (QED) is 0.359. The average Bonchev–Trinajstić information content (AvgIpc) is 3.15. The van der Waals surface area contributed by atoms with Crippen molar-refractivity contribution in [3.63, 3.8) is 0 Å². The molecule has 0 radical (unpaired) electrons. The van der Waals surface area contributed by atoms with Gasteiger partial charge in [0.15, 0.2) is 0 Å². The molecule has 0 aliphatic heterocycles. The van der Waals surface area contributed by atoms with E-state index in [1.807, 2.05) is 60.1 Å². The van der Waals surface area contributed by atoms with Gasteiger partial charge in [-0.15, -0.1) is 0 Å². The number of alkyl halides is 3. The lowest BCUT2D eigenvalue weighted by Gasteiger charge is -2.10. The van der Waals surface area contributed by atoms with E-state index in [4.69, 9.17) is 14.5 Å². The summed E-state index contributed by atoms with van der Waals surface area (Å²) in [5, 5.41) is 0. The molecule has 0 atom stereocenters. The highest BCUT2D eigenvalue weighted by atomic mass is 19.4. The summed E-state index contributed by atoms with van der Waals surface area (Å²) in [6.07, 6.45) is -4.39. The van der Waals surface area contributed by atoms with Crippen LogP contribution in [-0.4, -0.2) is 23.8 Å². The number of ether oxygens (including phenoxy) is 2. The molecule has 4 rings (SSSR count). The van der Waals surface area contributed by atoms with E-state index in [0.717, 1.165) is 46.1 Å². The molecule has 4 aromatic rings. The van der Waals surface area contributed by atoms with Crippen molar-refractivity contribution in [3.8, 4) is 45.4 Å². The summed E-state index contributed by atoms with van der Waals surface area (Å²) in [5.41, 5.74) is 3.23. The molecule has 4 nitrogen and oxygen atoms in total. The molecule has 0 saturated carbocycles. The fourth-order valence-electron chi connectivity index (χ4n) is 3.59. The first-order chi connectivity index (χ1) is 15.3. The van der Waals surface area contributed by atoms with Crippen LogP contribution in [0.2, 0.25) is 0 Å². The van der Waals surface area contributed by atoms with Gasteiger partial charge in [0.2, 0.25) is 0 Å². The first-order valence-electron chi connectivity index (χ1n) is 9.85. The van der Waals surface area contributed by atoms with Gasteiger partial charge in [-0.05, 0) is 60.7 Å². The maximum absolute atomic E-state index is 13.0. The lowest BCUT2D eigenvalue weighted by Crippen LogP contribution is -2.04. The van der Waals surface area contributed by atoms with Gasteiger partial charge in [-0.25, -0.2) is 4.98 Å². The Kier molecular flexibility index (Phi) is 5.65. The van der Waals surface area contributed by atoms with E-state index < -0.39 is 11.7 Å². The highest BCUT2D eigenvalue weighted by Gasteiger charge is 2.30. The molecule has 164 valence electrons. The minimum atomic E-state index is -4.39. The molecule has 0 spiro atoms. The van der Waals surface area contributed by atoms with E-state index >= 15 is 0 Å². The maximum atomic E-state index is 13.0. The first-order valence-corrected chi connectivity index (χ1v) is 9.85. The summed E-state index contributed by atoms with van der Waals surface area (Å²) < 4.78 is 51.4. The van der Waals surface area contributed by atoms with Crippen LogP contribution in [0.4, 0.5) is 13.2 Å². The van der Waals surface area contributed by atoms with Gasteiger partial charge in [-0.1, -0.05) is 12.1 Å². The van der Waals surface area contributed by atoms with Crippen LogP contribution in [0.25, 0.3) is 33.9 Å². The summed E-state index contributed by atoms with van der Waals surface area (Å²) in [7, 11) is 5.05. The molecule has 7 heteroatoms. The van der Waals surface area contributed by atoms with Crippen molar-refractivity contribution in [2.45, 2.75) is 6.18 Å². The fraction of sp³-hybridized carbons (Fsp3) is 0.160. The lowest BCUT2D eigenvalue weighted by molar-refractivity contribution is -0.137. The lowest BCUT2D eigenvalue weighted by atomic mass is 10.0. The Bertz CT molecular complexity index is 1210. The van der Waals surface area contributed by atoms with Crippen LogP contribution < -0.4 is 9.47 Å². The van der Waals surface area contributed by atoms with Crippen LogP contribution in [0.1, 0.15) is 5.56 Å². The largest absolute Gasteiger partial charge is 0.497 e. The minimum Gasteiger partial charge on any atom is -0.497 e. The smallest absolute Gasteiger partial charge is 0.416 e.